The van der Waals surface area contributed by atoms with Crippen molar-refractivity contribution in [2.45, 2.75) is 52.5 Å². The summed E-state index contributed by atoms with van der Waals surface area (Å²) in [6.45, 7) is 9.56. The van der Waals surface area contributed by atoms with E-state index >= 15 is 0 Å². The van der Waals surface area contributed by atoms with Gasteiger partial charge in [0.05, 0.1) is 0 Å². The Morgan fingerprint density at radius 3 is 2.32 bits per heavy atom. The zero-order valence-electron chi connectivity index (χ0n) is 12.3. The molecule has 1 atom stereocenters. The van der Waals surface area contributed by atoms with Crippen LogP contribution in [0.2, 0.25) is 5.02 Å². The third-order valence-electron chi connectivity index (χ3n) is 3.73. The minimum Gasteiger partial charge on any atom is -0.314 e. The van der Waals surface area contributed by atoms with E-state index < -0.39 is 0 Å². The highest BCUT2D eigenvalue weighted by Gasteiger charge is 2.22. The van der Waals surface area contributed by atoms with E-state index in [-0.39, 0.29) is 5.82 Å². The van der Waals surface area contributed by atoms with Gasteiger partial charge in [0.15, 0.2) is 0 Å². The van der Waals surface area contributed by atoms with Crippen LogP contribution in [0, 0.1) is 11.7 Å². The van der Waals surface area contributed by atoms with Gasteiger partial charge < -0.3 is 5.32 Å². The average Bonchev–Trinajstić information content (AvgIpc) is 2.35. The minimum absolute atomic E-state index is 0.270. The van der Waals surface area contributed by atoms with Gasteiger partial charge in [-0.3, -0.25) is 0 Å². The van der Waals surface area contributed by atoms with E-state index in [2.05, 4.69) is 33.0 Å². The number of halogens is 2. The van der Waals surface area contributed by atoms with E-state index in [0.29, 0.717) is 22.9 Å². The predicted molar refractivity (Wildman–Crippen MR) is 81.4 cm³/mol. The summed E-state index contributed by atoms with van der Waals surface area (Å²) in [6.07, 6.45) is 2.21. The summed E-state index contributed by atoms with van der Waals surface area (Å²) in [5, 5.41) is 4.03. The van der Waals surface area contributed by atoms with Crippen LogP contribution in [0.15, 0.2) is 18.2 Å². The Hall–Kier alpha value is -0.600. The van der Waals surface area contributed by atoms with Crippen molar-refractivity contribution >= 4 is 11.6 Å². The topological polar surface area (TPSA) is 12.0 Å². The summed E-state index contributed by atoms with van der Waals surface area (Å²) < 4.78 is 13.2. The van der Waals surface area contributed by atoms with Crippen molar-refractivity contribution < 1.29 is 4.39 Å². The fourth-order valence-electron chi connectivity index (χ4n) is 2.55. The van der Waals surface area contributed by atoms with Crippen molar-refractivity contribution in [1.82, 2.24) is 5.32 Å². The van der Waals surface area contributed by atoms with Gasteiger partial charge in [-0.05, 0) is 23.6 Å². The fourth-order valence-corrected chi connectivity index (χ4v) is 2.86. The molecule has 1 aromatic carbocycles. The third kappa shape index (κ3) is 4.77. The third-order valence-corrected chi connectivity index (χ3v) is 4.05. The molecular weight excluding hydrogens is 261 g/mol. The van der Waals surface area contributed by atoms with Gasteiger partial charge in [0, 0.05) is 23.5 Å². The van der Waals surface area contributed by atoms with Crippen LogP contribution in [0.3, 0.4) is 0 Å². The molecule has 0 heterocycles. The lowest BCUT2D eigenvalue weighted by Crippen LogP contribution is -2.31. The molecule has 19 heavy (non-hydrogen) atoms. The lowest BCUT2D eigenvalue weighted by Gasteiger charge is -2.28. The molecule has 0 bridgehead atoms. The van der Waals surface area contributed by atoms with Crippen molar-refractivity contribution in [2.75, 3.05) is 6.54 Å². The molecule has 3 heteroatoms. The number of nitrogens with one attached hydrogen (secondary N) is 1. The monoisotopic (exact) mass is 285 g/mol. The first-order valence-electron chi connectivity index (χ1n) is 7.17. The first kappa shape index (κ1) is 16.5. The van der Waals surface area contributed by atoms with Crippen LogP contribution in [-0.4, -0.2) is 12.6 Å². The molecule has 1 nitrogen and oxygen atoms in total. The van der Waals surface area contributed by atoms with Gasteiger partial charge in [0.1, 0.15) is 5.82 Å². The standard InChI is InChI=1S/C16H25ClFN/c1-5-12(6-2)15(10-19-11(3)4)14-8-7-13(18)9-16(14)17/h7-9,11-12,15,19H,5-6,10H2,1-4H3. The highest BCUT2D eigenvalue weighted by atomic mass is 35.5. The van der Waals surface area contributed by atoms with Crippen LogP contribution in [0.5, 0.6) is 0 Å². The van der Waals surface area contributed by atoms with Crippen molar-refractivity contribution in [2.24, 2.45) is 5.92 Å². The predicted octanol–water partition coefficient (Wildman–Crippen LogP) is 5.00. The maximum atomic E-state index is 13.2. The van der Waals surface area contributed by atoms with Crippen LogP contribution in [0.1, 0.15) is 52.0 Å². The number of hydrogen-bond acceptors (Lipinski definition) is 1. The first-order valence-corrected chi connectivity index (χ1v) is 7.55. The van der Waals surface area contributed by atoms with E-state index in [0.717, 1.165) is 24.9 Å². The number of benzene rings is 1. The highest BCUT2D eigenvalue weighted by molar-refractivity contribution is 6.31. The van der Waals surface area contributed by atoms with Crippen LogP contribution < -0.4 is 5.32 Å². The van der Waals surface area contributed by atoms with Gasteiger partial charge in [0.2, 0.25) is 0 Å². The number of rotatable bonds is 7. The zero-order valence-corrected chi connectivity index (χ0v) is 13.1. The molecular formula is C16H25ClFN. The lowest BCUT2D eigenvalue weighted by atomic mass is 9.82. The Balaban J connectivity index is 3.00. The first-order chi connectivity index (χ1) is 8.99. The Kier molecular flexibility index (Phi) is 6.81. The molecule has 1 rings (SSSR count). The van der Waals surface area contributed by atoms with Gasteiger partial charge >= 0.3 is 0 Å². The summed E-state index contributed by atoms with van der Waals surface area (Å²) in [4.78, 5) is 0. The zero-order chi connectivity index (χ0) is 14.4. The molecule has 0 aliphatic rings. The molecule has 1 N–H and O–H groups in total. The second-order valence-electron chi connectivity index (χ2n) is 5.41. The summed E-state index contributed by atoms with van der Waals surface area (Å²) in [7, 11) is 0. The number of hydrogen-bond donors (Lipinski definition) is 1. The fraction of sp³-hybridized carbons (Fsp3) is 0.625. The molecule has 1 unspecified atom stereocenters. The summed E-state index contributed by atoms with van der Waals surface area (Å²) in [5.74, 6) is 0.633. The van der Waals surface area contributed by atoms with Crippen LogP contribution in [-0.2, 0) is 0 Å². The molecule has 0 spiro atoms. The smallest absolute Gasteiger partial charge is 0.124 e. The van der Waals surface area contributed by atoms with E-state index in [1.54, 1.807) is 0 Å². The summed E-state index contributed by atoms with van der Waals surface area (Å²) in [6, 6.07) is 5.20. The van der Waals surface area contributed by atoms with Crippen LogP contribution in [0.25, 0.3) is 0 Å². The molecule has 0 radical (unpaired) electrons. The SMILES string of the molecule is CCC(CC)C(CNC(C)C)c1ccc(F)cc1Cl. The van der Waals surface area contributed by atoms with E-state index in [9.17, 15) is 4.39 Å². The molecule has 1 aromatic rings. The van der Waals surface area contributed by atoms with Gasteiger partial charge in [-0.25, -0.2) is 4.39 Å². The highest BCUT2D eigenvalue weighted by Crippen LogP contribution is 2.34. The Morgan fingerprint density at radius 1 is 1.21 bits per heavy atom. The molecule has 0 aliphatic carbocycles. The molecule has 0 saturated carbocycles. The molecule has 0 amide bonds. The molecule has 0 aromatic heterocycles. The van der Waals surface area contributed by atoms with Crippen LogP contribution in [0.4, 0.5) is 4.39 Å². The van der Waals surface area contributed by atoms with Gasteiger partial charge in [0.25, 0.3) is 0 Å². The van der Waals surface area contributed by atoms with Crippen molar-refractivity contribution in [1.29, 1.82) is 0 Å². The molecule has 0 aliphatic heterocycles. The van der Waals surface area contributed by atoms with Gasteiger partial charge in [-0.2, -0.15) is 0 Å². The van der Waals surface area contributed by atoms with Crippen molar-refractivity contribution in [3.63, 3.8) is 0 Å². The Morgan fingerprint density at radius 2 is 1.84 bits per heavy atom. The molecule has 108 valence electrons. The van der Waals surface area contributed by atoms with E-state index in [1.165, 1.54) is 12.1 Å². The van der Waals surface area contributed by atoms with E-state index in [4.69, 9.17) is 11.6 Å². The lowest BCUT2D eigenvalue weighted by molar-refractivity contribution is 0.370. The minimum atomic E-state index is -0.270. The van der Waals surface area contributed by atoms with Gasteiger partial charge in [-0.1, -0.05) is 58.2 Å². The summed E-state index contributed by atoms with van der Waals surface area (Å²) in [5.41, 5.74) is 1.06. The Bertz CT molecular complexity index is 388. The van der Waals surface area contributed by atoms with Crippen molar-refractivity contribution in [3.8, 4) is 0 Å². The normalized spacial score (nSPS) is 13.3. The van der Waals surface area contributed by atoms with Crippen molar-refractivity contribution in [3.05, 3.63) is 34.6 Å². The molecule has 0 fully saturated rings. The maximum absolute atomic E-state index is 13.2. The quantitative estimate of drug-likeness (QED) is 0.743. The summed E-state index contributed by atoms with van der Waals surface area (Å²) >= 11 is 6.23. The average molecular weight is 286 g/mol. The second-order valence-corrected chi connectivity index (χ2v) is 5.82. The van der Waals surface area contributed by atoms with Crippen LogP contribution >= 0.6 is 11.6 Å². The second kappa shape index (κ2) is 7.86. The molecule has 0 saturated heterocycles. The van der Waals surface area contributed by atoms with Gasteiger partial charge in [-0.15, -0.1) is 0 Å². The van der Waals surface area contributed by atoms with E-state index in [1.807, 2.05) is 6.07 Å². The Labute approximate surface area is 121 Å². The largest absolute Gasteiger partial charge is 0.314 e. The maximum Gasteiger partial charge on any atom is 0.124 e.